The minimum absolute atomic E-state index is 0.134. The molecule has 1 N–H and O–H groups in total. The molecule has 2 unspecified atom stereocenters. The quantitative estimate of drug-likeness (QED) is 0.720. The normalized spacial score (nSPS) is 31.2. The lowest BCUT2D eigenvalue weighted by atomic mass is 9.80. The summed E-state index contributed by atoms with van der Waals surface area (Å²) in [7, 11) is 1.47. The van der Waals surface area contributed by atoms with Crippen LogP contribution in [0, 0.1) is 5.92 Å². The van der Waals surface area contributed by atoms with Crippen molar-refractivity contribution in [1.29, 1.82) is 0 Å². The van der Waals surface area contributed by atoms with E-state index < -0.39 is 5.54 Å². The van der Waals surface area contributed by atoms with Crippen LogP contribution in [0.2, 0.25) is 0 Å². The fraction of sp³-hybridized carbons (Fsp3) is 0.933. The average Bonchev–Trinajstić information content (AvgIpc) is 3.23. The third kappa shape index (κ3) is 3.93. The summed E-state index contributed by atoms with van der Waals surface area (Å²) in [4.78, 5) is 12.1. The molecular formula is C15H27NO3. The Balaban J connectivity index is 1.86. The van der Waals surface area contributed by atoms with E-state index in [1.165, 1.54) is 26.4 Å². The van der Waals surface area contributed by atoms with Crippen LogP contribution >= 0.6 is 0 Å². The highest BCUT2D eigenvalue weighted by Gasteiger charge is 2.43. The summed E-state index contributed by atoms with van der Waals surface area (Å²) < 4.78 is 11.0. The summed E-state index contributed by atoms with van der Waals surface area (Å²) in [5, 5.41) is 3.34. The van der Waals surface area contributed by atoms with Crippen LogP contribution in [-0.4, -0.2) is 37.9 Å². The van der Waals surface area contributed by atoms with E-state index in [1.54, 1.807) is 0 Å². The second-order valence-corrected chi connectivity index (χ2v) is 5.93. The Hall–Kier alpha value is -0.610. The van der Waals surface area contributed by atoms with Gasteiger partial charge in [0.15, 0.2) is 0 Å². The molecule has 0 aromatic rings. The molecule has 2 aliphatic carbocycles. The Morgan fingerprint density at radius 2 is 2.16 bits per heavy atom. The number of hydrogen-bond acceptors (Lipinski definition) is 4. The Labute approximate surface area is 116 Å². The minimum atomic E-state index is -0.522. The summed E-state index contributed by atoms with van der Waals surface area (Å²) in [6.45, 7) is 3.66. The van der Waals surface area contributed by atoms with Crippen molar-refractivity contribution in [3.63, 3.8) is 0 Å². The second-order valence-electron chi connectivity index (χ2n) is 5.93. The molecular weight excluding hydrogens is 242 g/mol. The average molecular weight is 269 g/mol. The molecule has 0 spiro atoms. The zero-order chi connectivity index (χ0) is 13.7. The highest BCUT2D eigenvalue weighted by Crippen LogP contribution is 2.34. The van der Waals surface area contributed by atoms with Gasteiger partial charge in [-0.15, -0.1) is 0 Å². The van der Waals surface area contributed by atoms with Crippen molar-refractivity contribution in [1.82, 2.24) is 5.32 Å². The number of carbonyl (C=O) groups is 1. The summed E-state index contributed by atoms with van der Waals surface area (Å²) in [5.41, 5.74) is -0.522. The summed E-state index contributed by atoms with van der Waals surface area (Å²) in [6.07, 6.45) is 7.82. The van der Waals surface area contributed by atoms with Crippen LogP contribution in [0.25, 0.3) is 0 Å². The molecule has 0 aliphatic heterocycles. The molecule has 4 nitrogen and oxygen atoms in total. The molecule has 0 aromatic carbocycles. The van der Waals surface area contributed by atoms with Gasteiger partial charge in [-0.3, -0.25) is 4.79 Å². The number of esters is 1. The van der Waals surface area contributed by atoms with Crippen molar-refractivity contribution >= 4 is 5.97 Å². The smallest absolute Gasteiger partial charge is 0.326 e. The molecule has 0 saturated heterocycles. The Morgan fingerprint density at radius 3 is 2.79 bits per heavy atom. The molecule has 2 saturated carbocycles. The van der Waals surface area contributed by atoms with Crippen LogP contribution in [0.3, 0.4) is 0 Å². The molecule has 2 rings (SSSR count). The number of ether oxygens (including phenoxy) is 2. The summed E-state index contributed by atoms with van der Waals surface area (Å²) >= 11 is 0. The van der Waals surface area contributed by atoms with E-state index in [1.807, 2.05) is 6.92 Å². The molecule has 0 radical (unpaired) electrons. The highest BCUT2D eigenvalue weighted by molar-refractivity contribution is 5.81. The molecule has 2 atom stereocenters. The van der Waals surface area contributed by atoms with Gasteiger partial charge in [0, 0.05) is 13.0 Å². The molecule has 110 valence electrons. The number of hydrogen-bond donors (Lipinski definition) is 1. The van der Waals surface area contributed by atoms with E-state index in [-0.39, 0.29) is 12.1 Å². The molecule has 2 aliphatic rings. The van der Waals surface area contributed by atoms with Crippen molar-refractivity contribution in [2.24, 2.45) is 5.92 Å². The fourth-order valence-corrected chi connectivity index (χ4v) is 3.13. The fourth-order valence-electron chi connectivity index (χ4n) is 3.13. The standard InChI is InChI=1S/C15H27NO3/c1-3-16-15(14(17)18-2)9-4-5-13(11-15)19-10-8-12-6-7-12/h12-13,16H,3-11H2,1-2H3. The Kier molecular flexibility index (Phi) is 5.22. The van der Waals surface area contributed by atoms with Crippen LogP contribution in [0.15, 0.2) is 0 Å². The summed E-state index contributed by atoms with van der Waals surface area (Å²) in [5.74, 6) is 0.771. The molecule has 4 heteroatoms. The minimum Gasteiger partial charge on any atom is -0.468 e. The zero-order valence-electron chi connectivity index (χ0n) is 12.2. The highest BCUT2D eigenvalue weighted by atomic mass is 16.5. The number of carbonyl (C=O) groups excluding carboxylic acids is 1. The molecule has 0 bridgehead atoms. The first-order chi connectivity index (χ1) is 9.20. The number of likely N-dealkylation sites (N-methyl/N-ethyl adjacent to an activating group) is 1. The first-order valence-electron chi connectivity index (χ1n) is 7.65. The third-order valence-electron chi connectivity index (χ3n) is 4.37. The van der Waals surface area contributed by atoms with Crippen molar-refractivity contribution in [3.8, 4) is 0 Å². The van der Waals surface area contributed by atoms with E-state index in [9.17, 15) is 4.79 Å². The van der Waals surface area contributed by atoms with Gasteiger partial charge in [-0.1, -0.05) is 19.8 Å². The molecule has 2 fully saturated rings. The van der Waals surface area contributed by atoms with E-state index in [4.69, 9.17) is 9.47 Å². The topological polar surface area (TPSA) is 47.6 Å². The van der Waals surface area contributed by atoms with Crippen LogP contribution < -0.4 is 5.32 Å². The van der Waals surface area contributed by atoms with Gasteiger partial charge in [-0.2, -0.15) is 0 Å². The van der Waals surface area contributed by atoms with Crippen LogP contribution in [0.5, 0.6) is 0 Å². The predicted molar refractivity (Wildman–Crippen MR) is 74.0 cm³/mol. The van der Waals surface area contributed by atoms with Crippen molar-refractivity contribution in [2.75, 3.05) is 20.3 Å². The second kappa shape index (κ2) is 6.71. The Bertz CT molecular complexity index is 300. The molecule has 0 aromatic heterocycles. The maximum absolute atomic E-state index is 12.1. The van der Waals surface area contributed by atoms with Crippen LogP contribution in [-0.2, 0) is 14.3 Å². The summed E-state index contributed by atoms with van der Waals surface area (Å²) in [6, 6.07) is 0. The van der Waals surface area contributed by atoms with Gasteiger partial charge in [0.2, 0.25) is 0 Å². The lowest BCUT2D eigenvalue weighted by molar-refractivity contribution is -0.153. The van der Waals surface area contributed by atoms with Crippen LogP contribution in [0.1, 0.15) is 51.9 Å². The molecule has 19 heavy (non-hydrogen) atoms. The van der Waals surface area contributed by atoms with Gasteiger partial charge in [0.1, 0.15) is 5.54 Å². The van der Waals surface area contributed by atoms with Gasteiger partial charge in [-0.05, 0) is 38.1 Å². The SMILES string of the molecule is CCNC1(C(=O)OC)CCCC(OCCC2CC2)C1. The van der Waals surface area contributed by atoms with E-state index in [0.717, 1.165) is 44.8 Å². The monoisotopic (exact) mass is 269 g/mol. The number of methoxy groups -OCH3 is 1. The molecule has 0 heterocycles. The van der Waals surface area contributed by atoms with E-state index in [2.05, 4.69) is 5.32 Å². The van der Waals surface area contributed by atoms with Gasteiger partial charge < -0.3 is 14.8 Å². The van der Waals surface area contributed by atoms with E-state index in [0.29, 0.717) is 0 Å². The van der Waals surface area contributed by atoms with Gasteiger partial charge in [0.05, 0.1) is 13.2 Å². The Morgan fingerprint density at radius 1 is 1.37 bits per heavy atom. The molecule has 0 amide bonds. The predicted octanol–water partition coefficient (Wildman–Crippen LogP) is 2.27. The zero-order valence-corrected chi connectivity index (χ0v) is 12.2. The van der Waals surface area contributed by atoms with Crippen molar-refractivity contribution < 1.29 is 14.3 Å². The van der Waals surface area contributed by atoms with E-state index >= 15 is 0 Å². The number of rotatable bonds is 7. The van der Waals surface area contributed by atoms with Gasteiger partial charge in [0.25, 0.3) is 0 Å². The first kappa shape index (κ1) is 14.8. The van der Waals surface area contributed by atoms with Crippen LogP contribution in [0.4, 0.5) is 0 Å². The largest absolute Gasteiger partial charge is 0.468 e. The van der Waals surface area contributed by atoms with Crippen molar-refractivity contribution in [3.05, 3.63) is 0 Å². The lowest BCUT2D eigenvalue weighted by Crippen LogP contribution is -2.56. The maximum Gasteiger partial charge on any atom is 0.326 e. The van der Waals surface area contributed by atoms with Crippen molar-refractivity contribution in [2.45, 2.75) is 63.5 Å². The third-order valence-corrected chi connectivity index (χ3v) is 4.37. The van der Waals surface area contributed by atoms with Gasteiger partial charge in [-0.25, -0.2) is 0 Å². The number of nitrogens with one attached hydrogen (secondary N) is 1. The maximum atomic E-state index is 12.1. The lowest BCUT2D eigenvalue weighted by Gasteiger charge is -2.39. The first-order valence-corrected chi connectivity index (χ1v) is 7.65. The van der Waals surface area contributed by atoms with Gasteiger partial charge >= 0.3 is 5.97 Å².